The molecule has 0 radical (unpaired) electrons. The fourth-order valence-electron chi connectivity index (χ4n) is 5.38. The Bertz CT molecular complexity index is 2030. The third-order valence-electron chi connectivity index (χ3n) is 7.61. The van der Waals surface area contributed by atoms with E-state index in [1.165, 1.54) is 24.5 Å². The third-order valence-corrected chi connectivity index (χ3v) is 7.61. The predicted octanol–water partition coefficient (Wildman–Crippen LogP) is 6.03. The fourth-order valence-corrected chi connectivity index (χ4v) is 5.38. The summed E-state index contributed by atoms with van der Waals surface area (Å²) in [7, 11) is 1.81. The number of nitrogens with one attached hydrogen (secondary N) is 1. The molecule has 1 saturated carbocycles. The minimum atomic E-state index is -0.482. The second-order valence-corrected chi connectivity index (χ2v) is 10.5. The number of halogens is 2. The number of benzene rings is 2. The van der Waals surface area contributed by atoms with Crippen molar-refractivity contribution >= 4 is 39.3 Å². The van der Waals surface area contributed by atoms with Gasteiger partial charge in [0, 0.05) is 54.6 Å². The summed E-state index contributed by atoms with van der Waals surface area (Å²) in [4.78, 5) is 26.7. The van der Waals surface area contributed by atoms with Gasteiger partial charge in [0.2, 0.25) is 5.43 Å². The van der Waals surface area contributed by atoms with Crippen molar-refractivity contribution in [2.75, 3.05) is 11.1 Å². The first-order valence-electron chi connectivity index (χ1n) is 13.3. The van der Waals surface area contributed by atoms with Crippen LogP contribution in [0.25, 0.3) is 44.2 Å². The van der Waals surface area contributed by atoms with Crippen LogP contribution in [0.2, 0.25) is 0 Å². The zero-order valence-electron chi connectivity index (χ0n) is 22.1. The van der Waals surface area contributed by atoms with Crippen LogP contribution in [0.4, 0.5) is 26.1 Å². The summed E-state index contributed by atoms with van der Waals surface area (Å²) in [6, 6.07) is 12.4. The van der Waals surface area contributed by atoms with Crippen LogP contribution in [0.1, 0.15) is 12.8 Å². The largest absolute Gasteiger partial charge is 0.383 e. The van der Waals surface area contributed by atoms with Crippen LogP contribution < -0.4 is 16.5 Å². The first-order chi connectivity index (χ1) is 19.9. The monoisotopic (exact) mass is 549 g/mol. The number of anilines is 3. The molecule has 0 amide bonds. The van der Waals surface area contributed by atoms with Crippen molar-refractivity contribution in [1.29, 1.82) is 0 Å². The number of aromatic nitrogens is 5. The zero-order chi connectivity index (χ0) is 28.2. The average Bonchev–Trinajstić information content (AvgIpc) is 3.72. The van der Waals surface area contributed by atoms with Gasteiger partial charge in [-0.2, -0.15) is 0 Å². The van der Waals surface area contributed by atoms with Crippen LogP contribution in [0.15, 0.2) is 78.2 Å². The molecule has 8 nitrogen and oxygen atoms in total. The number of fused-ring (bicyclic) bond motifs is 2. The smallest absolute Gasteiger partial charge is 0.200 e. The van der Waals surface area contributed by atoms with Crippen LogP contribution in [0.3, 0.4) is 0 Å². The molecule has 6 aromatic rings. The number of hydrogen-bond acceptors (Lipinski definition) is 6. The van der Waals surface area contributed by atoms with Crippen LogP contribution >= 0.6 is 0 Å². The molecule has 41 heavy (non-hydrogen) atoms. The molecule has 1 aliphatic carbocycles. The topological polar surface area (TPSA) is 104 Å². The molecule has 7 rings (SSSR count). The molecule has 3 N–H and O–H groups in total. The van der Waals surface area contributed by atoms with Gasteiger partial charge in [0.25, 0.3) is 0 Å². The Kier molecular flexibility index (Phi) is 5.77. The number of hydrogen-bond donors (Lipinski definition) is 2. The maximum absolute atomic E-state index is 15.6. The van der Waals surface area contributed by atoms with Gasteiger partial charge in [-0.1, -0.05) is 12.1 Å². The molecular weight excluding hydrogens is 524 g/mol. The summed E-state index contributed by atoms with van der Waals surface area (Å²) in [6.07, 6.45) is 8.89. The van der Waals surface area contributed by atoms with Crippen LogP contribution in [0, 0.1) is 17.6 Å². The van der Waals surface area contributed by atoms with E-state index in [2.05, 4.69) is 24.8 Å². The molecule has 0 spiro atoms. The number of nitrogen functional groups attached to an aromatic ring is 1. The summed E-state index contributed by atoms with van der Waals surface area (Å²) in [5.74, 6) is 0.272. The van der Waals surface area contributed by atoms with E-state index in [1.807, 2.05) is 19.3 Å². The quantitative estimate of drug-likeness (QED) is 0.263. The van der Waals surface area contributed by atoms with E-state index in [0.29, 0.717) is 56.1 Å². The van der Waals surface area contributed by atoms with Gasteiger partial charge in [0.15, 0.2) is 0 Å². The molecule has 1 aliphatic rings. The van der Waals surface area contributed by atoms with E-state index in [-0.39, 0.29) is 17.1 Å². The maximum atomic E-state index is 15.6. The Labute approximate surface area is 233 Å². The summed E-state index contributed by atoms with van der Waals surface area (Å²) >= 11 is 0. The first kappa shape index (κ1) is 24.9. The molecular formula is C31H25F2N7O. The Morgan fingerprint density at radius 1 is 0.951 bits per heavy atom. The van der Waals surface area contributed by atoms with Crippen molar-refractivity contribution in [1.82, 2.24) is 24.1 Å². The normalized spacial score (nSPS) is 13.2. The molecule has 0 aliphatic heterocycles. The molecule has 0 bridgehead atoms. The summed E-state index contributed by atoms with van der Waals surface area (Å²) in [5, 5.41) is 4.13. The third kappa shape index (κ3) is 4.37. The van der Waals surface area contributed by atoms with E-state index in [1.54, 1.807) is 41.2 Å². The van der Waals surface area contributed by atoms with Crippen LogP contribution in [0.5, 0.6) is 0 Å². The average molecular weight is 550 g/mol. The lowest BCUT2D eigenvalue weighted by molar-refractivity contribution is 0.628. The van der Waals surface area contributed by atoms with Gasteiger partial charge in [-0.3, -0.25) is 4.79 Å². The Hall–Kier alpha value is -5.12. The lowest BCUT2D eigenvalue weighted by Gasteiger charge is -2.16. The van der Waals surface area contributed by atoms with Crippen molar-refractivity contribution in [2.24, 2.45) is 13.0 Å². The van der Waals surface area contributed by atoms with Crippen molar-refractivity contribution in [3.05, 3.63) is 95.3 Å². The Balaban J connectivity index is 1.33. The minimum absolute atomic E-state index is 0.238. The number of nitrogens with two attached hydrogens (primary N) is 1. The molecule has 4 heterocycles. The molecule has 204 valence electrons. The molecule has 4 aromatic heterocycles. The highest BCUT2D eigenvalue weighted by atomic mass is 19.1. The summed E-state index contributed by atoms with van der Waals surface area (Å²) < 4.78 is 33.1. The predicted molar refractivity (Wildman–Crippen MR) is 156 cm³/mol. The van der Waals surface area contributed by atoms with Crippen molar-refractivity contribution < 1.29 is 8.78 Å². The first-order valence-corrected chi connectivity index (χ1v) is 13.3. The number of nitrogens with zero attached hydrogens (tertiary/aromatic N) is 5. The van der Waals surface area contributed by atoms with E-state index < -0.39 is 5.82 Å². The van der Waals surface area contributed by atoms with E-state index >= 15 is 4.39 Å². The fraction of sp³-hybridized carbons (Fsp3) is 0.161. The molecule has 0 unspecified atom stereocenters. The van der Waals surface area contributed by atoms with Crippen molar-refractivity contribution in [2.45, 2.75) is 19.4 Å². The van der Waals surface area contributed by atoms with Gasteiger partial charge >= 0.3 is 0 Å². The van der Waals surface area contributed by atoms with E-state index in [9.17, 15) is 9.18 Å². The Morgan fingerprint density at radius 3 is 2.51 bits per heavy atom. The summed E-state index contributed by atoms with van der Waals surface area (Å²) in [5.41, 5.74) is 9.63. The van der Waals surface area contributed by atoms with E-state index in [0.717, 1.165) is 24.9 Å². The highest BCUT2D eigenvalue weighted by Gasteiger charge is 2.24. The number of pyridine rings is 2. The number of aryl methyl sites for hydroxylation is 1. The van der Waals surface area contributed by atoms with Crippen LogP contribution in [-0.2, 0) is 13.6 Å². The molecule has 0 saturated heterocycles. The lowest BCUT2D eigenvalue weighted by Crippen LogP contribution is -2.15. The van der Waals surface area contributed by atoms with Gasteiger partial charge in [-0.05, 0) is 60.7 Å². The summed E-state index contributed by atoms with van der Waals surface area (Å²) in [6.45, 7) is 0.760. The molecule has 2 aromatic carbocycles. The van der Waals surface area contributed by atoms with Gasteiger partial charge in [-0.25, -0.2) is 23.7 Å². The van der Waals surface area contributed by atoms with Crippen molar-refractivity contribution in [3.63, 3.8) is 0 Å². The highest BCUT2D eigenvalue weighted by molar-refractivity contribution is 6.01. The SMILES string of the molecule is Cn1cc(-c2ccc(Nc3nccc4c3c(=O)c(-c3ccc(F)cc3)cn4CC3CC3)cc2F)c2c(N)ncnc21. The zero-order valence-corrected chi connectivity index (χ0v) is 22.1. The van der Waals surface area contributed by atoms with Crippen molar-refractivity contribution in [3.8, 4) is 22.3 Å². The maximum Gasteiger partial charge on any atom is 0.200 e. The second-order valence-electron chi connectivity index (χ2n) is 10.5. The molecule has 10 heteroatoms. The minimum Gasteiger partial charge on any atom is -0.383 e. The molecule has 0 atom stereocenters. The lowest BCUT2D eigenvalue weighted by atomic mass is 10.0. The number of rotatable bonds is 6. The van der Waals surface area contributed by atoms with Gasteiger partial charge in [0.1, 0.15) is 35.2 Å². The molecule has 1 fully saturated rings. The van der Waals surface area contributed by atoms with Gasteiger partial charge < -0.3 is 20.2 Å². The standard InChI is InChI=1S/C31H25F2N7O/c1-39-14-23(26-29(34)36-16-37-31(26)39)21-9-8-20(12-24(21)33)38-30-27-25(10-11-35-30)40(13-17-2-3-17)15-22(28(27)41)18-4-6-19(32)7-5-18/h4-12,14-17H,2-3,13H2,1H3,(H,35,38)(H2,34,36,37). The second kappa shape index (κ2) is 9.51. The highest BCUT2D eigenvalue weighted by Crippen LogP contribution is 2.36. The van der Waals surface area contributed by atoms with Crippen LogP contribution in [-0.4, -0.2) is 24.1 Å². The Morgan fingerprint density at radius 2 is 1.76 bits per heavy atom. The van der Waals surface area contributed by atoms with Gasteiger partial charge in [-0.15, -0.1) is 0 Å². The van der Waals surface area contributed by atoms with Gasteiger partial charge in [0.05, 0.1) is 16.3 Å². The van der Waals surface area contributed by atoms with E-state index in [4.69, 9.17) is 5.73 Å².